The van der Waals surface area contributed by atoms with Crippen molar-refractivity contribution < 1.29 is 9.59 Å². The normalized spacial score (nSPS) is 15.3. The van der Waals surface area contributed by atoms with Gasteiger partial charge in [-0.2, -0.15) is 0 Å². The van der Waals surface area contributed by atoms with Gasteiger partial charge < -0.3 is 10.2 Å². The molecule has 0 atom stereocenters. The van der Waals surface area contributed by atoms with E-state index in [0.29, 0.717) is 0 Å². The van der Waals surface area contributed by atoms with E-state index in [-0.39, 0.29) is 24.7 Å². The number of piperazine rings is 1. The highest BCUT2D eigenvalue weighted by Crippen LogP contribution is 2.16. The first-order valence-corrected chi connectivity index (χ1v) is 7.33. The van der Waals surface area contributed by atoms with Crippen LogP contribution >= 0.6 is 0 Å². The molecule has 1 aliphatic heterocycles. The van der Waals surface area contributed by atoms with Crippen molar-refractivity contribution in [2.75, 3.05) is 26.2 Å². The van der Waals surface area contributed by atoms with Gasteiger partial charge in [0.25, 0.3) is 0 Å². The summed E-state index contributed by atoms with van der Waals surface area (Å²) >= 11 is 0. The Morgan fingerprint density at radius 2 is 1.71 bits per heavy atom. The second kappa shape index (κ2) is 6.10. The number of nitrogens with zero attached hydrogens (tertiary/aromatic N) is 2. The van der Waals surface area contributed by atoms with E-state index in [9.17, 15) is 9.59 Å². The average molecular weight is 285 g/mol. The molecule has 110 valence electrons. The summed E-state index contributed by atoms with van der Waals surface area (Å²) in [4.78, 5) is 26.2. The summed E-state index contributed by atoms with van der Waals surface area (Å²) in [6.45, 7) is 3.14. The Labute approximate surface area is 123 Å². The fourth-order valence-corrected chi connectivity index (χ4v) is 2.71. The summed E-state index contributed by atoms with van der Waals surface area (Å²) in [7, 11) is 0. The Hall–Kier alpha value is -2.14. The van der Waals surface area contributed by atoms with Crippen LogP contribution in [0.2, 0.25) is 0 Å². The first-order chi connectivity index (χ1) is 10.3. The maximum absolute atomic E-state index is 12.3. The number of benzene rings is 1. The molecule has 0 spiro atoms. The van der Waals surface area contributed by atoms with Gasteiger partial charge in [-0.25, -0.2) is 0 Å². The second-order valence-electron chi connectivity index (χ2n) is 5.27. The van der Waals surface area contributed by atoms with E-state index in [0.717, 1.165) is 37.1 Å². The molecule has 1 aromatic carbocycles. The third-order valence-corrected chi connectivity index (χ3v) is 3.89. The van der Waals surface area contributed by atoms with Crippen molar-refractivity contribution in [3.8, 4) is 0 Å². The topological polar surface area (TPSA) is 54.3 Å². The van der Waals surface area contributed by atoms with Crippen LogP contribution in [-0.4, -0.2) is 47.5 Å². The summed E-state index contributed by atoms with van der Waals surface area (Å²) in [6.07, 6.45) is 2.31. The minimum Gasteiger partial charge on any atom is -0.340 e. The number of fused-ring (bicyclic) bond motifs is 1. The lowest BCUT2D eigenvalue weighted by Crippen LogP contribution is -2.46. The molecule has 0 unspecified atom stereocenters. The number of rotatable bonds is 3. The minimum absolute atomic E-state index is 0.0281. The van der Waals surface area contributed by atoms with Crippen LogP contribution in [0.15, 0.2) is 36.5 Å². The van der Waals surface area contributed by atoms with Gasteiger partial charge in [0.05, 0.1) is 5.52 Å². The molecular formula is C16H19N3O2. The fourth-order valence-electron chi connectivity index (χ4n) is 2.71. The maximum Gasteiger partial charge on any atom is 0.231 e. The van der Waals surface area contributed by atoms with Crippen LogP contribution in [-0.2, 0) is 4.79 Å². The molecular weight excluding hydrogens is 266 g/mol. The maximum atomic E-state index is 12.3. The number of aromatic nitrogens is 1. The summed E-state index contributed by atoms with van der Waals surface area (Å²) in [6, 6.07) is 9.69. The quantitative estimate of drug-likeness (QED) is 0.929. The molecule has 1 amide bonds. The van der Waals surface area contributed by atoms with Crippen LogP contribution in [0, 0.1) is 0 Å². The minimum atomic E-state index is -0.0281. The van der Waals surface area contributed by atoms with Gasteiger partial charge in [0, 0.05) is 50.6 Å². The number of para-hydroxylation sites is 1. The molecule has 5 heteroatoms. The van der Waals surface area contributed by atoms with Gasteiger partial charge in [0.2, 0.25) is 11.8 Å². The number of hydrogen-bond donors (Lipinski definition) is 1. The van der Waals surface area contributed by atoms with Gasteiger partial charge in [-0.1, -0.05) is 18.2 Å². The molecule has 1 aliphatic rings. The van der Waals surface area contributed by atoms with Crippen LogP contribution in [0.1, 0.15) is 17.6 Å². The van der Waals surface area contributed by atoms with Crippen molar-refractivity contribution in [1.82, 2.24) is 14.8 Å². The summed E-state index contributed by atoms with van der Waals surface area (Å²) in [5, 5.41) is 4.25. The summed E-state index contributed by atoms with van der Waals surface area (Å²) < 4.78 is 1.64. The van der Waals surface area contributed by atoms with Gasteiger partial charge in [-0.05, 0) is 12.1 Å². The largest absolute Gasteiger partial charge is 0.340 e. The molecule has 0 aliphatic carbocycles. The molecule has 0 radical (unpaired) electrons. The zero-order chi connectivity index (χ0) is 14.7. The summed E-state index contributed by atoms with van der Waals surface area (Å²) in [5.74, 6) is 0.0426. The Morgan fingerprint density at radius 3 is 2.52 bits per heavy atom. The number of hydrogen-bond acceptors (Lipinski definition) is 3. The van der Waals surface area contributed by atoms with Crippen molar-refractivity contribution in [2.45, 2.75) is 12.8 Å². The third-order valence-electron chi connectivity index (χ3n) is 3.89. The smallest absolute Gasteiger partial charge is 0.231 e. The predicted molar refractivity (Wildman–Crippen MR) is 81.2 cm³/mol. The molecule has 1 saturated heterocycles. The van der Waals surface area contributed by atoms with E-state index < -0.39 is 0 Å². The van der Waals surface area contributed by atoms with Crippen LogP contribution in [0.25, 0.3) is 10.9 Å². The van der Waals surface area contributed by atoms with Crippen LogP contribution in [0.5, 0.6) is 0 Å². The highest BCUT2D eigenvalue weighted by Gasteiger charge is 2.17. The molecule has 0 bridgehead atoms. The molecule has 1 fully saturated rings. The van der Waals surface area contributed by atoms with Crippen molar-refractivity contribution in [3.05, 3.63) is 36.5 Å². The SMILES string of the molecule is O=C(CCC(=O)n1ccc2ccccc21)N1CCNCC1. The van der Waals surface area contributed by atoms with Crippen LogP contribution in [0.4, 0.5) is 0 Å². The van der Waals surface area contributed by atoms with Crippen molar-refractivity contribution in [3.63, 3.8) is 0 Å². The molecule has 21 heavy (non-hydrogen) atoms. The Kier molecular flexibility index (Phi) is 4.01. The van der Waals surface area contributed by atoms with Crippen molar-refractivity contribution >= 4 is 22.7 Å². The van der Waals surface area contributed by atoms with Gasteiger partial charge >= 0.3 is 0 Å². The highest BCUT2D eigenvalue weighted by atomic mass is 16.2. The molecule has 0 saturated carbocycles. The Bertz CT molecular complexity index is 656. The highest BCUT2D eigenvalue weighted by molar-refractivity contribution is 5.93. The monoisotopic (exact) mass is 285 g/mol. The van der Waals surface area contributed by atoms with Gasteiger partial charge in [-0.15, -0.1) is 0 Å². The first-order valence-electron chi connectivity index (χ1n) is 7.33. The molecule has 2 aromatic rings. The molecule has 1 N–H and O–H groups in total. The molecule has 3 rings (SSSR count). The standard InChI is InChI=1S/C16H19N3O2/c20-15(18-11-8-17-9-12-18)5-6-16(21)19-10-7-13-3-1-2-4-14(13)19/h1-4,7,10,17H,5-6,8-9,11-12H2. The molecule has 5 nitrogen and oxygen atoms in total. The van der Waals surface area contributed by atoms with Gasteiger partial charge in [0.15, 0.2) is 0 Å². The average Bonchev–Trinajstić information content (AvgIpc) is 2.97. The van der Waals surface area contributed by atoms with E-state index in [2.05, 4.69) is 5.32 Å². The van der Waals surface area contributed by atoms with Gasteiger partial charge in [0.1, 0.15) is 0 Å². The Balaban J connectivity index is 1.62. The van der Waals surface area contributed by atoms with E-state index >= 15 is 0 Å². The van der Waals surface area contributed by atoms with E-state index in [1.54, 1.807) is 10.8 Å². The lowest BCUT2D eigenvalue weighted by molar-refractivity contribution is -0.131. The summed E-state index contributed by atoms with van der Waals surface area (Å²) in [5.41, 5.74) is 0.900. The van der Waals surface area contributed by atoms with Crippen molar-refractivity contribution in [2.24, 2.45) is 0 Å². The lowest BCUT2D eigenvalue weighted by atomic mass is 10.2. The van der Waals surface area contributed by atoms with Crippen LogP contribution < -0.4 is 5.32 Å². The number of carbonyl (C=O) groups excluding carboxylic acids is 2. The van der Waals surface area contributed by atoms with Crippen molar-refractivity contribution in [1.29, 1.82) is 0 Å². The predicted octanol–water partition coefficient (Wildman–Crippen LogP) is 1.49. The first kappa shape index (κ1) is 13.8. The zero-order valence-corrected chi connectivity index (χ0v) is 11.9. The number of nitrogens with one attached hydrogen (secondary N) is 1. The van der Waals surface area contributed by atoms with Gasteiger partial charge in [-0.3, -0.25) is 14.2 Å². The van der Waals surface area contributed by atoms with Crippen LogP contribution in [0.3, 0.4) is 0 Å². The van der Waals surface area contributed by atoms with E-state index in [1.807, 2.05) is 35.2 Å². The number of amides is 1. The molecule has 1 aromatic heterocycles. The van der Waals surface area contributed by atoms with E-state index in [1.165, 1.54) is 0 Å². The fraction of sp³-hybridized carbons (Fsp3) is 0.375. The number of carbonyl (C=O) groups is 2. The molecule has 2 heterocycles. The lowest BCUT2D eigenvalue weighted by Gasteiger charge is -2.27. The second-order valence-corrected chi connectivity index (χ2v) is 5.27. The third kappa shape index (κ3) is 2.97. The van der Waals surface area contributed by atoms with E-state index in [4.69, 9.17) is 0 Å². The Morgan fingerprint density at radius 1 is 1.00 bits per heavy atom. The zero-order valence-electron chi connectivity index (χ0n) is 11.9.